The Morgan fingerprint density at radius 1 is 1.25 bits per heavy atom. The van der Waals surface area contributed by atoms with Gasteiger partial charge in [-0.15, -0.1) is 0 Å². The lowest BCUT2D eigenvalue weighted by atomic mass is 10.1. The number of nitrogens with zero attached hydrogens (tertiary/aromatic N) is 1. The standard InChI is InChI=1S/C16H24N4O4/c1-23-12-9-11(10-13(24-2)15(12)22)5-6-14(21)19-7-3-4-8-20-16(17)18/h5-6,9-10,22H,3-4,7-8H2,1-2H3,(H,19,21)(H4,17,18,20)/b6-5+. The third-order valence-electron chi connectivity index (χ3n) is 3.11. The average Bonchev–Trinajstić information content (AvgIpc) is 2.56. The Morgan fingerprint density at radius 2 is 1.88 bits per heavy atom. The van der Waals surface area contributed by atoms with Crippen LogP contribution in [-0.2, 0) is 4.79 Å². The van der Waals surface area contributed by atoms with Gasteiger partial charge in [-0.3, -0.25) is 9.79 Å². The Morgan fingerprint density at radius 3 is 2.42 bits per heavy atom. The molecular weight excluding hydrogens is 312 g/mol. The zero-order valence-electron chi connectivity index (χ0n) is 13.9. The largest absolute Gasteiger partial charge is 0.502 e. The maximum absolute atomic E-state index is 11.8. The molecule has 0 aromatic heterocycles. The van der Waals surface area contributed by atoms with Crippen molar-refractivity contribution in [3.05, 3.63) is 23.8 Å². The number of phenolic OH excluding ortho intramolecular Hbond substituents is 1. The van der Waals surface area contributed by atoms with Gasteiger partial charge in [-0.25, -0.2) is 0 Å². The number of carbonyl (C=O) groups is 1. The quantitative estimate of drug-likeness (QED) is 0.226. The predicted octanol–water partition coefficient (Wildman–Crippen LogP) is 0.592. The number of rotatable bonds is 9. The first kappa shape index (κ1) is 19.1. The van der Waals surface area contributed by atoms with Gasteiger partial charge in [-0.05, 0) is 36.6 Å². The topological polar surface area (TPSA) is 132 Å². The molecule has 6 N–H and O–H groups in total. The van der Waals surface area contributed by atoms with Crippen LogP contribution >= 0.6 is 0 Å². The van der Waals surface area contributed by atoms with Crippen LogP contribution in [0.1, 0.15) is 18.4 Å². The maximum Gasteiger partial charge on any atom is 0.243 e. The van der Waals surface area contributed by atoms with Gasteiger partial charge in [-0.1, -0.05) is 0 Å². The number of phenols is 1. The van der Waals surface area contributed by atoms with E-state index in [1.807, 2.05) is 0 Å². The van der Waals surface area contributed by atoms with Crippen molar-refractivity contribution in [1.29, 1.82) is 0 Å². The first-order chi connectivity index (χ1) is 11.5. The number of amides is 1. The van der Waals surface area contributed by atoms with Crippen molar-refractivity contribution >= 4 is 17.9 Å². The second-order valence-electron chi connectivity index (χ2n) is 4.91. The first-order valence-electron chi connectivity index (χ1n) is 7.44. The van der Waals surface area contributed by atoms with E-state index in [1.165, 1.54) is 20.3 Å². The van der Waals surface area contributed by atoms with Gasteiger partial charge in [0.2, 0.25) is 11.7 Å². The van der Waals surface area contributed by atoms with Crippen molar-refractivity contribution in [2.75, 3.05) is 27.3 Å². The molecule has 0 atom stereocenters. The minimum absolute atomic E-state index is 0.0710. The highest BCUT2D eigenvalue weighted by Crippen LogP contribution is 2.37. The van der Waals surface area contributed by atoms with E-state index in [0.717, 1.165) is 12.8 Å². The number of guanidine groups is 1. The minimum atomic E-state index is -0.220. The van der Waals surface area contributed by atoms with E-state index in [-0.39, 0.29) is 29.1 Å². The highest BCUT2D eigenvalue weighted by Gasteiger charge is 2.10. The highest BCUT2D eigenvalue weighted by molar-refractivity contribution is 5.91. The number of aromatic hydroxyl groups is 1. The summed E-state index contributed by atoms with van der Waals surface area (Å²) >= 11 is 0. The molecule has 24 heavy (non-hydrogen) atoms. The number of aliphatic imine (C=N–C) groups is 1. The molecular formula is C16H24N4O4. The number of unbranched alkanes of at least 4 members (excludes halogenated alkanes) is 1. The van der Waals surface area contributed by atoms with E-state index in [0.29, 0.717) is 18.7 Å². The van der Waals surface area contributed by atoms with E-state index >= 15 is 0 Å². The number of benzene rings is 1. The molecule has 0 bridgehead atoms. The number of nitrogens with two attached hydrogens (primary N) is 2. The van der Waals surface area contributed by atoms with Crippen LogP contribution < -0.4 is 26.3 Å². The fourth-order valence-electron chi connectivity index (χ4n) is 1.90. The molecule has 0 saturated carbocycles. The van der Waals surface area contributed by atoms with Gasteiger partial charge >= 0.3 is 0 Å². The fraction of sp³-hybridized carbons (Fsp3) is 0.375. The second-order valence-corrected chi connectivity index (χ2v) is 4.91. The summed E-state index contributed by atoms with van der Waals surface area (Å²) in [6.45, 7) is 1.08. The lowest BCUT2D eigenvalue weighted by molar-refractivity contribution is -0.116. The summed E-state index contributed by atoms with van der Waals surface area (Å²) in [5.74, 6) is 0.315. The number of carbonyl (C=O) groups excluding carboxylic acids is 1. The Labute approximate surface area is 141 Å². The number of hydrogen-bond donors (Lipinski definition) is 4. The molecule has 0 spiro atoms. The van der Waals surface area contributed by atoms with Crippen LogP contribution in [0.5, 0.6) is 17.2 Å². The molecule has 0 aliphatic heterocycles. The molecule has 0 fully saturated rings. The summed E-state index contributed by atoms with van der Waals surface area (Å²) < 4.78 is 10.1. The Bertz CT molecular complexity index is 585. The molecule has 1 amide bonds. The van der Waals surface area contributed by atoms with Crippen LogP contribution in [0.3, 0.4) is 0 Å². The molecule has 0 unspecified atom stereocenters. The van der Waals surface area contributed by atoms with Gasteiger partial charge < -0.3 is 31.4 Å². The number of methoxy groups -OCH3 is 2. The summed E-state index contributed by atoms with van der Waals surface area (Å²) in [4.78, 5) is 15.6. The monoisotopic (exact) mass is 336 g/mol. The zero-order chi connectivity index (χ0) is 17.9. The maximum atomic E-state index is 11.8. The molecule has 0 aliphatic carbocycles. The summed E-state index contributed by atoms with van der Waals surface area (Å²) in [5, 5.41) is 12.6. The van der Waals surface area contributed by atoms with Crippen molar-refractivity contribution in [3.63, 3.8) is 0 Å². The van der Waals surface area contributed by atoms with Gasteiger partial charge in [0.05, 0.1) is 14.2 Å². The molecule has 0 heterocycles. The highest BCUT2D eigenvalue weighted by atomic mass is 16.5. The summed E-state index contributed by atoms with van der Waals surface area (Å²) in [5.41, 5.74) is 11.1. The number of hydrogen-bond acceptors (Lipinski definition) is 5. The third-order valence-corrected chi connectivity index (χ3v) is 3.11. The van der Waals surface area contributed by atoms with Crippen LogP contribution in [-0.4, -0.2) is 44.3 Å². The van der Waals surface area contributed by atoms with Crippen LogP contribution in [0.25, 0.3) is 6.08 Å². The molecule has 8 nitrogen and oxygen atoms in total. The summed E-state index contributed by atoms with van der Waals surface area (Å²) in [6.07, 6.45) is 4.58. The molecule has 0 radical (unpaired) electrons. The van der Waals surface area contributed by atoms with Gasteiger partial charge in [0.1, 0.15) is 0 Å². The van der Waals surface area contributed by atoms with E-state index in [1.54, 1.807) is 18.2 Å². The van der Waals surface area contributed by atoms with E-state index < -0.39 is 0 Å². The second kappa shape index (κ2) is 9.98. The fourth-order valence-corrected chi connectivity index (χ4v) is 1.90. The van der Waals surface area contributed by atoms with Gasteiger partial charge in [0.25, 0.3) is 0 Å². The first-order valence-corrected chi connectivity index (χ1v) is 7.44. The third kappa shape index (κ3) is 6.47. The van der Waals surface area contributed by atoms with Crippen LogP contribution in [0.2, 0.25) is 0 Å². The normalized spacial score (nSPS) is 10.4. The van der Waals surface area contributed by atoms with Crippen LogP contribution in [0.4, 0.5) is 0 Å². The lowest BCUT2D eigenvalue weighted by Gasteiger charge is -2.09. The van der Waals surface area contributed by atoms with E-state index in [2.05, 4.69) is 10.3 Å². The molecule has 0 saturated heterocycles. The van der Waals surface area contributed by atoms with E-state index in [9.17, 15) is 9.90 Å². The minimum Gasteiger partial charge on any atom is -0.502 e. The molecule has 1 aromatic carbocycles. The molecule has 1 rings (SSSR count). The summed E-state index contributed by atoms with van der Waals surface area (Å²) in [7, 11) is 2.88. The van der Waals surface area contributed by atoms with E-state index in [4.69, 9.17) is 20.9 Å². The van der Waals surface area contributed by atoms with Gasteiger partial charge in [-0.2, -0.15) is 0 Å². The van der Waals surface area contributed by atoms with Gasteiger partial charge in [0, 0.05) is 19.2 Å². The molecule has 0 aliphatic rings. The smallest absolute Gasteiger partial charge is 0.243 e. The molecule has 132 valence electrons. The number of nitrogens with one attached hydrogen (secondary N) is 1. The van der Waals surface area contributed by atoms with Crippen molar-refractivity contribution in [2.24, 2.45) is 16.5 Å². The van der Waals surface area contributed by atoms with Crippen molar-refractivity contribution in [2.45, 2.75) is 12.8 Å². The molecule has 1 aromatic rings. The lowest BCUT2D eigenvalue weighted by Crippen LogP contribution is -2.24. The zero-order valence-corrected chi connectivity index (χ0v) is 13.9. The molecule has 8 heteroatoms. The van der Waals surface area contributed by atoms with Crippen molar-refractivity contribution in [1.82, 2.24) is 5.32 Å². The Hall–Kier alpha value is -2.90. The van der Waals surface area contributed by atoms with Crippen molar-refractivity contribution in [3.8, 4) is 17.2 Å². The average molecular weight is 336 g/mol. The Balaban J connectivity index is 2.50. The predicted molar refractivity (Wildman–Crippen MR) is 93.2 cm³/mol. The van der Waals surface area contributed by atoms with Crippen molar-refractivity contribution < 1.29 is 19.4 Å². The van der Waals surface area contributed by atoms with Crippen LogP contribution in [0, 0.1) is 0 Å². The van der Waals surface area contributed by atoms with Gasteiger partial charge in [0.15, 0.2) is 17.5 Å². The summed E-state index contributed by atoms with van der Waals surface area (Å²) in [6, 6.07) is 3.22. The van der Waals surface area contributed by atoms with Crippen LogP contribution in [0.15, 0.2) is 23.2 Å². The Kier molecular flexibility index (Phi) is 7.97. The number of ether oxygens (including phenoxy) is 2. The SMILES string of the molecule is COc1cc(/C=C/C(=O)NCCCCN=C(N)N)cc(OC)c1O.